The Bertz CT molecular complexity index is 348. The lowest BCUT2D eigenvalue weighted by Gasteiger charge is -2.43. The molecule has 1 fully saturated rings. The van der Waals surface area contributed by atoms with Crippen molar-refractivity contribution in [3.8, 4) is 0 Å². The standard InChI is InChI=1S/C15H28N2O2/c1-10(2)7-8-17-12(9-11(3)4)13(18)16-15(5,6)14(17)19/h10-12H,7-9H2,1-6H3,(H,16,18). The van der Waals surface area contributed by atoms with Gasteiger partial charge in [-0.2, -0.15) is 0 Å². The van der Waals surface area contributed by atoms with Crippen molar-refractivity contribution in [2.45, 2.75) is 66.0 Å². The highest BCUT2D eigenvalue weighted by molar-refractivity contribution is 5.99. The summed E-state index contributed by atoms with van der Waals surface area (Å²) < 4.78 is 0. The van der Waals surface area contributed by atoms with Gasteiger partial charge in [0, 0.05) is 6.54 Å². The van der Waals surface area contributed by atoms with E-state index in [1.165, 1.54) is 0 Å². The fourth-order valence-electron chi connectivity index (χ4n) is 2.42. The average Bonchev–Trinajstić information content (AvgIpc) is 2.24. The Hall–Kier alpha value is -1.06. The van der Waals surface area contributed by atoms with Gasteiger partial charge in [0.15, 0.2) is 0 Å². The summed E-state index contributed by atoms with van der Waals surface area (Å²) in [6.07, 6.45) is 1.66. The van der Waals surface area contributed by atoms with E-state index in [4.69, 9.17) is 0 Å². The van der Waals surface area contributed by atoms with Crippen molar-refractivity contribution >= 4 is 11.8 Å². The van der Waals surface area contributed by atoms with E-state index in [-0.39, 0.29) is 17.9 Å². The normalized spacial score (nSPS) is 23.2. The SMILES string of the molecule is CC(C)CCN1C(=O)C(C)(C)NC(=O)C1CC(C)C. The number of hydrogen-bond donors (Lipinski definition) is 1. The van der Waals surface area contributed by atoms with Crippen LogP contribution in [0.5, 0.6) is 0 Å². The number of rotatable bonds is 5. The fourth-order valence-corrected chi connectivity index (χ4v) is 2.42. The molecule has 1 aliphatic heterocycles. The second-order valence-electron chi connectivity index (χ2n) is 6.94. The summed E-state index contributed by atoms with van der Waals surface area (Å²) in [5, 5.41) is 2.85. The van der Waals surface area contributed by atoms with Gasteiger partial charge in [0.1, 0.15) is 11.6 Å². The molecule has 1 atom stereocenters. The van der Waals surface area contributed by atoms with E-state index in [1.807, 2.05) is 0 Å². The minimum atomic E-state index is -0.776. The number of nitrogens with one attached hydrogen (secondary N) is 1. The number of carbonyl (C=O) groups excluding carboxylic acids is 2. The van der Waals surface area contributed by atoms with Crippen LogP contribution < -0.4 is 5.32 Å². The third kappa shape index (κ3) is 3.95. The summed E-state index contributed by atoms with van der Waals surface area (Å²) in [6, 6.07) is -0.306. The first kappa shape index (κ1) is 16.0. The van der Waals surface area contributed by atoms with Crippen molar-refractivity contribution in [1.82, 2.24) is 10.2 Å². The van der Waals surface area contributed by atoms with E-state index in [9.17, 15) is 9.59 Å². The number of hydrogen-bond acceptors (Lipinski definition) is 2. The molecule has 0 aromatic carbocycles. The van der Waals surface area contributed by atoms with Crippen LogP contribution in [0, 0.1) is 11.8 Å². The highest BCUT2D eigenvalue weighted by Gasteiger charge is 2.44. The maximum Gasteiger partial charge on any atom is 0.248 e. The lowest BCUT2D eigenvalue weighted by molar-refractivity contribution is -0.154. The zero-order valence-corrected chi connectivity index (χ0v) is 13.1. The van der Waals surface area contributed by atoms with E-state index in [0.29, 0.717) is 18.4 Å². The minimum absolute atomic E-state index is 0.0120. The van der Waals surface area contributed by atoms with E-state index in [2.05, 4.69) is 33.0 Å². The van der Waals surface area contributed by atoms with Gasteiger partial charge in [-0.15, -0.1) is 0 Å². The predicted octanol–water partition coefficient (Wildman–Crippen LogP) is 2.18. The van der Waals surface area contributed by atoms with Crippen molar-refractivity contribution in [1.29, 1.82) is 0 Å². The monoisotopic (exact) mass is 268 g/mol. The molecule has 1 N–H and O–H groups in total. The molecule has 1 saturated heterocycles. The molecule has 4 nitrogen and oxygen atoms in total. The summed E-state index contributed by atoms with van der Waals surface area (Å²) in [4.78, 5) is 26.5. The summed E-state index contributed by atoms with van der Waals surface area (Å²) in [5.41, 5.74) is -0.776. The number of carbonyl (C=O) groups is 2. The molecule has 19 heavy (non-hydrogen) atoms. The van der Waals surface area contributed by atoms with E-state index in [1.54, 1.807) is 18.7 Å². The van der Waals surface area contributed by atoms with Crippen LogP contribution in [-0.4, -0.2) is 34.8 Å². The second-order valence-corrected chi connectivity index (χ2v) is 6.94. The van der Waals surface area contributed by atoms with Gasteiger partial charge in [0.25, 0.3) is 0 Å². The van der Waals surface area contributed by atoms with Crippen LogP contribution >= 0.6 is 0 Å². The Morgan fingerprint density at radius 1 is 1.16 bits per heavy atom. The lowest BCUT2D eigenvalue weighted by Crippen LogP contribution is -2.68. The molecule has 0 aliphatic carbocycles. The fraction of sp³-hybridized carbons (Fsp3) is 0.867. The van der Waals surface area contributed by atoms with E-state index >= 15 is 0 Å². The first-order valence-electron chi connectivity index (χ1n) is 7.28. The van der Waals surface area contributed by atoms with Crippen molar-refractivity contribution in [2.24, 2.45) is 11.8 Å². The van der Waals surface area contributed by atoms with Crippen LogP contribution in [-0.2, 0) is 9.59 Å². The van der Waals surface area contributed by atoms with Gasteiger partial charge in [0.05, 0.1) is 0 Å². The van der Waals surface area contributed by atoms with Crippen molar-refractivity contribution in [2.75, 3.05) is 6.54 Å². The molecule has 1 aliphatic rings. The molecule has 0 saturated carbocycles. The molecule has 2 amide bonds. The molecule has 0 spiro atoms. The third-order valence-corrected chi connectivity index (χ3v) is 3.55. The van der Waals surface area contributed by atoms with Crippen LogP contribution in [0.2, 0.25) is 0 Å². The number of piperazine rings is 1. The maximum atomic E-state index is 12.5. The molecule has 0 bridgehead atoms. The van der Waals surface area contributed by atoms with Crippen LogP contribution in [0.3, 0.4) is 0 Å². The van der Waals surface area contributed by atoms with Crippen molar-refractivity contribution in [3.05, 3.63) is 0 Å². The van der Waals surface area contributed by atoms with Gasteiger partial charge in [-0.3, -0.25) is 9.59 Å². The first-order chi connectivity index (χ1) is 8.65. The average molecular weight is 268 g/mol. The molecule has 1 heterocycles. The molecular weight excluding hydrogens is 240 g/mol. The van der Waals surface area contributed by atoms with Gasteiger partial charge in [0.2, 0.25) is 11.8 Å². The first-order valence-corrected chi connectivity index (χ1v) is 7.28. The molecule has 1 unspecified atom stereocenters. The zero-order valence-electron chi connectivity index (χ0n) is 13.1. The predicted molar refractivity (Wildman–Crippen MR) is 76.6 cm³/mol. The summed E-state index contributed by atoms with van der Waals surface area (Å²) >= 11 is 0. The second kappa shape index (κ2) is 5.93. The Labute approximate surface area is 116 Å². The minimum Gasteiger partial charge on any atom is -0.340 e. The highest BCUT2D eigenvalue weighted by atomic mass is 16.2. The topological polar surface area (TPSA) is 49.4 Å². The zero-order chi connectivity index (χ0) is 14.8. The van der Waals surface area contributed by atoms with Crippen molar-refractivity contribution in [3.63, 3.8) is 0 Å². The van der Waals surface area contributed by atoms with E-state index in [0.717, 1.165) is 12.8 Å². The summed E-state index contributed by atoms with van der Waals surface area (Å²) in [6.45, 7) is 12.7. The van der Waals surface area contributed by atoms with Gasteiger partial charge in [-0.05, 0) is 38.5 Å². The molecular formula is C15H28N2O2. The van der Waals surface area contributed by atoms with Gasteiger partial charge >= 0.3 is 0 Å². The molecule has 0 aromatic heterocycles. The summed E-state index contributed by atoms with van der Waals surface area (Å²) in [7, 11) is 0. The number of amides is 2. The quantitative estimate of drug-likeness (QED) is 0.831. The molecule has 0 radical (unpaired) electrons. The Balaban J connectivity index is 2.91. The van der Waals surface area contributed by atoms with Crippen LogP contribution in [0.15, 0.2) is 0 Å². The third-order valence-electron chi connectivity index (χ3n) is 3.55. The molecule has 110 valence electrons. The van der Waals surface area contributed by atoms with Crippen molar-refractivity contribution < 1.29 is 9.59 Å². The Kier molecular flexibility index (Phi) is 4.99. The van der Waals surface area contributed by atoms with Crippen LogP contribution in [0.4, 0.5) is 0 Å². The molecule has 0 aromatic rings. The molecule has 1 rings (SSSR count). The Morgan fingerprint density at radius 3 is 2.21 bits per heavy atom. The smallest absolute Gasteiger partial charge is 0.248 e. The maximum absolute atomic E-state index is 12.5. The van der Waals surface area contributed by atoms with Gasteiger partial charge < -0.3 is 10.2 Å². The lowest BCUT2D eigenvalue weighted by atomic mass is 9.92. The van der Waals surface area contributed by atoms with Crippen LogP contribution in [0.25, 0.3) is 0 Å². The number of nitrogens with zero attached hydrogens (tertiary/aromatic N) is 1. The van der Waals surface area contributed by atoms with E-state index < -0.39 is 5.54 Å². The highest BCUT2D eigenvalue weighted by Crippen LogP contribution is 2.23. The van der Waals surface area contributed by atoms with Crippen LogP contribution in [0.1, 0.15) is 54.4 Å². The largest absolute Gasteiger partial charge is 0.340 e. The summed E-state index contributed by atoms with van der Waals surface area (Å²) in [5.74, 6) is 0.951. The Morgan fingerprint density at radius 2 is 1.74 bits per heavy atom. The molecule has 4 heteroatoms. The van der Waals surface area contributed by atoms with Gasteiger partial charge in [-0.1, -0.05) is 27.7 Å². The van der Waals surface area contributed by atoms with Gasteiger partial charge in [-0.25, -0.2) is 0 Å².